The molecule has 0 amide bonds. The van der Waals surface area contributed by atoms with Crippen LogP contribution in [0.25, 0.3) is 0 Å². The van der Waals surface area contributed by atoms with Crippen LogP contribution in [-0.2, 0) is 0 Å². The molecule has 0 saturated heterocycles. The Morgan fingerprint density at radius 3 is 2.54 bits per heavy atom. The van der Waals surface area contributed by atoms with Gasteiger partial charge >= 0.3 is 5.97 Å². The summed E-state index contributed by atoms with van der Waals surface area (Å²) in [6.07, 6.45) is 1.34. The molecular formula is C9H11NO3. The number of aromatic amines is 1. The molecule has 0 radical (unpaired) electrons. The molecular weight excluding hydrogens is 170 g/mol. The van der Waals surface area contributed by atoms with E-state index in [1.54, 1.807) is 13.8 Å². The van der Waals surface area contributed by atoms with Crippen molar-refractivity contribution in [3.05, 3.63) is 33.7 Å². The lowest BCUT2D eigenvalue weighted by Gasteiger charge is -2.06. The fourth-order valence-corrected chi connectivity index (χ4v) is 1.25. The zero-order valence-corrected chi connectivity index (χ0v) is 7.50. The maximum atomic E-state index is 11.3. The van der Waals surface area contributed by atoms with Gasteiger partial charge in [-0.3, -0.25) is 4.79 Å². The van der Waals surface area contributed by atoms with E-state index in [-0.39, 0.29) is 17.0 Å². The van der Waals surface area contributed by atoms with Gasteiger partial charge in [-0.25, -0.2) is 4.79 Å². The van der Waals surface area contributed by atoms with Gasteiger partial charge in [0.1, 0.15) is 0 Å². The molecule has 4 heteroatoms. The lowest BCUT2D eigenvalue weighted by atomic mass is 9.99. The maximum Gasteiger partial charge on any atom is 0.336 e. The van der Waals surface area contributed by atoms with E-state index in [4.69, 9.17) is 5.11 Å². The van der Waals surface area contributed by atoms with Gasteiger partial charge in [-0.15, -0.1) is 0 Å². The molecule has 0 aliphatic heterocycles. The Balaban J connectivity index is 3.43. The van der Waals surface area contributed by atoms with Gasteiger partial charge in [0, 0.05) is 11.8 Å². The van der Waals surface area contributed by atoms with Crippen molar-refractivity contribution in [2.75, 3.05) is 0 Å². The second-order valence-corrected chi connectivity index (χ2v) is 3.09. The quantitative estimate of drug-likeness (QED) is 0.720. The molecule has 2 N–H and O–H groups in total. The summed E-state index contributed by atoms with van der Waals surface area (Å²) in [6, 6.07) is 1.40. The van der Waals surface area contributed by atoms with E-state index in [1.807, 2.05) is 0 Å². The van der Waals surface area contributed by atoms with Gasteiger partial charge in [-0.1, -0.05) is 13.8 Å². The second-order valence-electron chi connectivity index (χ2n) is 3.09. The number of aromatic carboxylic acids is 1. The van der Waals surface area contributed by atoms with Gasteiger partial charge in [0.15, 0.2) is 0 Å². The minimum Gasteiger partial charge on any atom is -0.478 e. The predicted octanol–water partition coefficient (Wildman–Crippen LogP) is 1.20. The molecule has 70 valence electrons. The number of rotatable bonds is 2. The Hall–Kier alpha value is -1.58. The van der Waals surface area contributed by atoms with Crippen LogP contribution in [0.5, 0.6) is 0 Å². The summed E-state index contributed by atoms with van der Waals surface area (Å²) in [5.41, 5.74) is 0.0867. The molecule has 13 heavy (non-hydrogen) atoms. The van der Waals surface area contributed by atoms with E-state index in [2.05, 4.69) is 4.98 Å². The smallest absolute Gasteiger partial charge is 0.336 e. The van der Waals surface area contributed by atoms with Crippen LogP contribution in [0.3, 0.4) is 0 Å². The van der Waals surface area contributed by atoms with Crippen LogP contribution in [0.2, 0.25) is 0 Å². The van der Waals surface area contributed by atoms with Crippen LogP contribution in [0, 0.1) is 0 Å². The minimum atomic E-state index is -1.06. The van der Waals surface area contributed by atoms with Gasteiger partial charge in [-0.2, -0.15) is 0 Å². The highest BCUT2D eigenvalue weighted by Crippen LogP contribution is 2.13. The van der Waals surface area contributed by atoms with Crippen LogP contribution in [0.1, 0.15) is 35.7 Å². The van der Waals surface area contributed by atoms with Gasteiger partial charge < -0.3 is 10.1 Å². The van der Waals surface area contributed by atoms with Crippen LogP contribution in [0.15, 0.2) is 17.1 Å². The molecule has 0 spiro atoms. The van der Waals surface area contributed by atoms with Gasteiger partial charge in [-0.05, 0) is 12.0 Å². The first kappa shape index (κ1) is 9.51. The molecule has 0 unspecified atom stereocenters. The van der Waals surface area contributed by atoms with Crippen molar-refractivity contribution in [2.24, 2.45) is 0 Å². The van der Waals surface area contributed by atoms with E-state index < -0.39 is 5.97 Å². The second kappa shape index (κ2) is 3.43. The van der Waals surface area contributed by atoms with E-state index in [9.17, 15) is 9.59 Å². The summed E-state index contributed by atoms with van der Waals surface area (Å²) in [5.74, 6) is -1.15. The van der Waals surface area contributed by atoms with E-state index in [0.717, 1.165) is 0 Å². The Labute approximate surface area is 75.2 Å². The van der Waals surface area contributed by atoms with Crippen molar-refractivity contribution in [3.63, 3.8) is 0 Å². The zero-order chi connectivity index (χ0) is 10.0. The molecule has 0 fully saturated rings. The summed E-state index contributed by atoms with van der Waals surface area (Å²) in [4.78, 5) is 24.5. The lowest BCUT2D eigenvalue weighted by molar-refractivity contribution is 0.0695. The van der Waals surface area contributed by atoms with Gasteiger partial charge in [0.05, 0.1) is 5.56 Å². The SMILES string of the molecule is CC(C)c1c(C(=O)O)cc[nH]c1=O. The van der Waals surface area contributed by atoms with E-state index in [1.165, 1.54) is 12.3 Å². The molecule has 0 aliphatic rings. The fraction of sp³-hybridized carbons (Fsp3) is 0.333. The number of carboxylic acid groups (broad SMARTS) is 1. The zero-order valence-electron chi connectivity index (χ0n) is 7.50. The molecule has 4 nitrogen and oxygen atoms in total. The van der Waals surface area contributed by atoms with Crippen molar-refractivity contribution >= 4 is 5.97 Å². The first-order chi connectivity index (χ1) is 6.04. The fourth-order valence-electron chi connectivity index (χ4n) is 1.25. The number of nitrogens with one attached hydrogen (secondary N) is 1. The molecule has 1 aromatic rings. The number of aromatic nitrogens is 1. The van der Waals surface area contributed by atoms with Crippen molar-refractivity contribution in [2.45, 2.75) is 19.8 Å². The average molecular weight is 181 g/mol. The Morgan fingerprint density at radius 1 is 1.54 bits per heavy atom. The summed E-state index contributed by atoms with van der Waals surface area (Å²) < 4.78 is 0. The number of carbonyl (C=O) groups is 1. The standard InChI is InChI=1S/C9H11NO3/c1-5(2)7-6(9(12)13)3-4-10-8(7)11/h3-5H,1-2H3,(H,10,11)(H,12,13). The summed E-state index contributed by atoms with van der Waals surface area (Å²) in [7, 11) is 0. The third-order valence-electron chi connectivity index (χ3n) is 1.81. The van der Waals surface area contributed by atoms with E-state index >= 15 is 0 Å². The number of pyridine rings is 1. The van der Waals surface area contributed by atoms with Crippen LogP contribution < -0.4 is 5.56 Å². The third-order valence-corrected chi connectivity index (χ3v) is 1.81. The number of hydrogen-bond acceptors (Lipinski definition) is 2. The van der Waals surface area contributed by atoms with Crippen molar-refractivity contribution in [1.29, 1.82) is 0 Å². The van der Waals surface area contributed by atoms with Crippen LogP contribution >= 0.6 is 0 Å². The lowest BCUT2D eigenvalue weighted by Crippen LogP contribution is -2.18. The molecule has 1 heterocycles. The maximum absolute atomic E-state index is 11.3. The third kappa shape index (κ3) is 1.77. The summed E-state index contributed by atoms with van der Waals surface area (Å²) in [6.45, 7) is 3.58. The molecule has 0 aliphatic carbocycles. The molecule has 0 saturated carbocycles. The topological polar surface area (TPSA) is 70.2 Å². The van der Waals surface area contributed by atoms with Crippen molar-refractivity contribution in [1.82, 2.24) is 4.98 Å². The van der Waals surface area contributed by atoms with Crippen LogP contribution in [0.4, 0.5) is 0 Å². The highest BCUT2D eigenvalue weighted by molar-refractivity contribution is 5.89. The number of carboxylic acids is 1. The molecule has 1 aromatic heterocycles. The predicted molar refractivity (Wildman–Crippen MR) is 48.1 cm³/mol. The first-order valence-electron chi connectivity index (χ1n) is 3.99. The average Bonchev–Trinajstić information content (AvgIpc) is 2.02. The van der Waals surface area contributed by atoms with Crippen LogP contribution in [-0.4, -0.2) is 16.1 Å². The Bertz CT molecular complexity index is 379. The number of hydrogen-bond donors (Lipinski definition) is 2. The normalized spacial score (nSPS) is 10.4. The molecule has 1 rings (SSSR count). The first-order valence-corrected chi connectivity index (χ1v) is 3.99. The minimum absolute atomic E-state index is 0.0822. The van der Waals surface area contributed by atoms with Gasteiger partial charge in [0.25, 0.3) is 5.56 Å². The Kier molecular flexibility index (Phi) is 2.51. The number of H-pyrrole nitrogens is 1. The highest BCUT2D eigenvalue weighted by Gasteiger charge is 2.15. The summed E-state index contributed by atoms with van der Waals surface area (Å²) >= 11 is 0. The van der Waals surface area contributed by atoms with E-state index in [0.29, 0.717) is 5.56 Å². The molecule has 0 aromatic carbocycles. The summed E-state index contributed by atoms with van der Waals surface area (Å²) in [5, 5.41) is 8.79. The molecule has 0 bridgehead atoms. The largest absolute Gasteiger partial charge is 0.478 e. The van der Waals surface area contributed by atoms with Crippen molar-refractivity contribution in [3.8, 4) is 0 Å². The monoisotopic (exact) mass is 181 g/mol. The Morgan fingerprint density at radius 2 is 2.15 bits per heavy atom. The van der Waals surface area contributed by atoms with Crippen molar-refractivity contribution < 1.29 is 9.90 Å². The molecule has 0 atom stereocenters. The highest BCUT2D eigenvalue weighted by atomic mass is 16.4. The van der Waals surface area contributed by atoms with Gasteiger partial charge in [0.2, 0.25) is 0 Å².